The molecule has 0 heterocycles. The molecule has 0 aromatic rings. The number of rotatable bonds is 7. The van der Waals surface area contributed by atoms with Crippen LogP contribution in [0.1, 0.15) is 51.9 Å². The minimum atomic E-state index is -0.675. The van der Waals surface area contributed by atoms with E-state index in [1.54, 1.807) is 6.92 Å². The van der Waals surface area contributed by atoms with E-state index in [2.05, 4.69) is 11.7 Å². The SMILES string of the molecule is C=CCCCCC1(C(=O)OCC)CCC/C1=N\O. The summed E-state index contributed by atoms with van der Waals surface area (Å²) in [5.74, 6) is -0.228. The van der Waals surface area contributed by atoms with Crippen molar-refractivity contribution >= 4 is 11.7 Å². The maximum Gasteiger partial charge on any atom is 0.317 e. The summed E-state index contributed by atoms with van der Waals surface area (Å²) >= 11 is 0. The van der Waals surface area contributed by atoms with E-state index < -0.39 is 5.41 Å². The third kappa shape index (κ3) is 3.12. The molecule has 0 aromatic carbocycles. The van der Waals surface area contributed by atoms with Crippen LogP contribution in [0.15, 0.2) is 17.8 Å². The van der Waals surface area contributed by atoms with Gasteiger partial charge in [-0.3, -0.25) is 4.79 Å². The molecule has 0 spiro atoms. The summed E-state index contributed by atoms with van der Waals surface area (Å²) in [6.07, 6.45) is 7.78. The van der Waals surface area contributed by atoms with Crippen LogP contribution in [0.3, 0.4) is 0 Å². The van der Waals surface area contributed by atoms with Gasteiger partial charge in [0.1, 0.15) is 5.41 Å². The van der Waals surface area contributed by atoms with Crippen LogP contribution >= 0.6 is 0 Å². The van der Waals surface area contributed by atoms with Crippen LogP contribution in [0.4, 0.5) is 0 Å². The van der Waals surface area contributed by atoms with Gasteiger partial charge in [0.05, 0.1) is 12.3 Å². The summed E-state index contributed by atoms with van der Waals surface area (Å²) in [6, 6.07) is 0. The van der Waals surface area contributed by atoms with E-state index in [1.807, 2.05) is 6.08 Å². The molecule has 4 nitrogen and oxygen atoms in total. The molecular formula is C14H23NO3. The Kier molecular flexibility index (Phi) is 5.89. The van der Waals surface area contributed by atoms with Crippen LogP contribution < -0.4 is 0 Å². The Bertz CT molecular complexity index is 325. The molecule has 1 aliphatic rings. The Hall–Kier alpha value is -1.32. The van der Waals surface area contributed by atoms with Crippen molar-refractivity contribution in [3.63, 3.8) is 0 Å². The Morgan fingerprint density at radius 3 is 3.00 bits per heavy atom. The number of hydrogen-bond acceptors (Lipinski definition) is 4. The molecule has 1 atom stereocenters. The van der Waals surface area contributed by atoms with Gasteiger partial charge in [-0.25, -0.2) is 0 Å². The number of esters is 1. The molecular weight excluding hydrogens is 230 g/mol. The van der Waals surface area contributed by atoms with Gasteiger partial charge in [0.25, 0.3) is 0 Å². The summed E-state index contributed by atoms with van der Waals surface area (Å²) in [4.78, 5) is 12.2. The normalized spacial score (nSPS) is 25.3. The largest absolute Gasteiger partial charge is 0.465 e. The molecule has 102 valence electrons. The minimum absolute atomic E-state index is 0.228. The van der Waals surface area contributed by atoms with Gasteiger partial charge in [0.15, 0.2) is 0 Å². The highest BCUT2D eigenvalue weighted by Crippen LogP contribution is 2.41. The van der Waals surface area contributed by atoms with Crippen LogP contribution in [-0.2, 0) is 9.53 Å². The number of carbonyl (C=O) groups is 1. The Labute approximate surface area is 109 Å². The number of hydrogen-bond donors (Lipinski definition) is 1. The van der Waals surface area contributed by atoms with Crippen molar-refractivity contribution in [2.45, 2.75) is 51.9 Å². The van der Waals surface area contributed by atoms with E-state index in [0.29, 0.717) is 25.2 Å². The lowest BCUT2D eigenvalue weighted by Gasteiger charge is -2.26. The van der Waals surface area contributed by atoms with Crippen LogP contribution in [0.2, 0.25) is 0 Å². The first-order valence-electron chi connectivity index (χ1n) is 6.70. The maximum absolute atomic E-state index is 12.2. The zero-order chi connectivity index (χ0) is 13.4. The van der Waals surface area contributed by atoms with Crippen LogP contribution in [0, 0.1) is 5.41 Å². The first kappa shape index (κ1) is 14.7. The lowest BCUT2D eigenvalue weighted by molar-refractivity contribution is -0.151. The van der Waals surface area contributed by atoms with Gasteiger partial charge in [0, 0.05) is 0 Å². The zero-order valence-electron chi connectivity index (χ0n) is 11.2. The predicted molar refractivity (Wildman–Crippen MR) is 70.8 cm³/mol. The van der Waals surface area contributed by atoms with Gasteiger partial charge in [-0.1, -0.05) is 17.7 Å². The molecule has 0 radical (unpaired) electrons. The number of nitrogens with zero attached hydrogens (tertiary/aromatic N) is 1. The summed E-state index contributed by atoms with van der Waals surface area (Å²) in [5, 5.41) is 12.4. The van der Waals surface area contributed by atoms with Crippen LogP contribution in [0.5, 0.6) is 0 Å². The number of oxime groups is 1. The van der Waals surface area contributed by atoms with Gasteiger partial charge >= 0.3 is 5.97 Å². The Morgan fingerprint density at radius 1 is 1.61 bits per heavy atom. The molecule has 0 amide bonds. The third-order valence-corrected chi connectivity index (χ3v) is 3.62. The van der Waals surface area contributed by atoms with E-state index in [4.69, 9.17) is 9.94 Å². The first-order chi connectivity index (χ1) is 8.71. The molecule has 0 aliphatic heterocycles. The number of carbonyl (C=O) groups excluding carboxylic acids is 1. The maximum atomic E-state index is 12.2. The highest BCUT2D eigenvalue weighted by atomic mass is 16.5. The third-order valence-electron chi connectivity index (χ3n) is 3.62. The van der Waals surface area contributed by atoms with Crippen molar-refractivity contribution in [1.82, 2.24) is 0 Å². The average molecular weight is 253 g/mol. The quantitative estimate of drug-likeness (QED) is 0.249. The lowest BCUT2D eigenvalue weighted by atomic mass is 9.79. The van der Waals surface area contributed by atoms with Gasteiger partial charge in [-0.15, -0.1) is 6.58 Å². The highest BCUT2D eigenvalue weighted by Gasteiger charge is 2.47. The van der Waals surface area contributed by atoms with E-state index in [1.165, 1.54) is 0 Å². The number of ether oxygens (including phenoxy) is 1. The van der Waals surface area contributed by atoms with Crippen molar-refractivity contribution in [1.29, 1.82) is 0 Å². The summed E-state index contributed by atoms with van der Waals surface area (Å²) in [7, 11) is 0. The molecule has 1 aliphatic carbocycles. The second kappa shape index (κ2) is 7.19. The topological polar surface area (TPSA) is 58.9 Å². The predicted octanol–water partition coefficient (Wildman–Crippen LogP) is 3.30. The fourth-order valence-corrected chi connectivity index (χ4v) is 2.66. The molecule has 18 heavy (non-hydrogen) atoms. The van der Waals surface area contributed by atoms with Crippen molar-refractivity contribution in [2.75, 3.05) is 6.61 Å². The van der Waals surface area contributed by atoms with Crippen molar-refractivity contribution in [2.24, 2.45) is 10.6 Å². The smallest absolute Gasteiger partial charge is 0.317 e. The summed E-state index contributed by atoms with van der Waals surface area (Å²) in [6.45, 7) is 5.85. The van der Waals surface area contributed by atoms with Crippen molar-refractivity contribution in [3.8, 4) is 0 Å². The Balaban J connectivity index is 2.74. The number of unbranched alkanes of at least 4 members (excludes halogenated alkanes) is 2. The molecule has 4 heteroatoms. The molecule has 0 bridgehead atoms. The van der Waals surface area contributed by atoms with E-state index >= 15 is 0 Å². The lowest BCUT2D eigenvalue weighted by Crippen LogP contribution is -2.37. The summed E-state index contributed by atoms with van der Waals surface area (Å²) < 4.78 is 5.17. The summed E-state index contributed by atoms with van der Waals surface area (Å²) in [5.41, 5.74) is -0.0779. The van der Waals surface area contributed by atoms with Crippen LogP contribution in [-0.4, -0.2) is 23.5 Å². The molecule has 0 saturated heterocycles. The minimum Gasteiger partial charge on any atom is -0.465 e. The molecule has 1 unspecified atom stereocenters. The molecule has 0 aromatic heterocycles. The zero-order valence-corrected chi connectivity index (χ0v) is 11.2. The van der Waals surface area contributed by atoms with Gasteiger partial charge in [-0.2, -0.15) is 0 Å². The molecule has 1 rings (SSSR count). The van der Waals surface area contributed by atoms with Gasteiger partial charge in [0.2, 0.25) is 0 Å². The highest BCUT2D eigenvalue weighted by molar-refractivity contribution is 6.07. The van der Waals surface area contributed by atoms with Gasteiger partial charge < -0.3 is 9.94 Å². The fourth-order valence-electron chi connectivity index (χ4n) is 2.66. The van der Waals surface area contributed by atoms with Gasteiger partial charge in [-0.05, 0) is 45.4 Å². The van der Waals surface area contributed by atoms with E-state index in [9.17, 15) is 4.79 Å². The second-order valence-electron chi connectivity index (χ2n) is 4.74. The molecule has 1 fully saturated rings. The molecule has 1 N–H and O–H groups in total. The first-order valence-corrected chi connectivity index (χ1v) is 6.70. The average Bonchev–Trinajstić information content (AvgIpc) is 2.79. The monoisotopic (exact) mass is 253 g/mol. The number of allylic oxidation sites excluding steroid dienone is 1. The molecule has 1 saturated carbocycles. The fraction of sp³-hybridized carbons (Fsp3) is 0.714. The second-order valence-corrected chi connectivity index (χ2v) is 4.74. The van der Waals surface area contributed by atoms with E-state index in [0.717, 1.165) is 32.1 Å². The standard InChI is InChI=1S/C14H23NO3/c1-3-5-6-7-10-14(13(16)18-4-2)11-8-9-12(14)15-17/h3,17H,1,4-11H2,2H3/b15-12+. The van der Waals surface area contributed by atoms with Crippen molar-refractivity contribution in [3.05, 3.63) is 12.7 Å². The van der Waals surface area contributed by atoms with Crippen LogP contribution in [0.25, 0.3) is 0 Å². The van der Waals surface area contributed by atoms with E-state index in [-0.39, 0.29) is 5.97 Å². The van der Waals surface area contributed by atoms with Crippen molar-refractivity contribution < 1.29 is 14.7 Å². The Morgan fingerprint density at radius 2 is 2.39 bits per heavy atom.